The summed E-state index contributed by atoms with van der Waals surface area (Å²) in [4.78, 5) is 24.6. The van der Waals surface area contributed by atoms with Crippen molar-refractivity contribution in [3.05, 3.63) is 42.7 Å². The number of hydrogen-bond donors (Lipinski definition) is 2. The fraction of sp³-hybridized carbons (Fsp3) is 0.190. The first-order valence-electron chi connectivity index (χ1n) is 9.34. The minimum absolute atomic E-state index is 0.138. The lowest BCUT2D eigenvalue weighted by molar-refractivity contribution is -0.113. The first kappa shape index (κ1) is 18.6. The van der Waals surface area contributed by atoms with Crippen molar-refractivity contribution in [1.29, 1.82) is 0 Å². The number of H-pyrrole nitrogens is 1. The molecule has 0 spiro atoms. The van der Waals surface area contributed by atoms with Crippen LogP contribution in [0.3, 0.4) is 0 Å². The van der Waals surface area contributed by atoms with E-state index in [0.717, 1.165) is 27.7 Å². The minimum Gasteiger partial charge on any atom is -0.497 e. The number of fused-ring (bicyclic) bond motifs is 4. The Labute approximate surface area is 175 Å². The van der Waals surface area contributed by atoms with E-state index >= 15 is 0 Å². The average Bonchev–Trinajstić information content (AvgIpc) is 3.16. The van der Waals surface area contributed by atoms with E-state index in [0.29, 0.717) is 35.4 Å². The molecule has 2 aromatic carbocycles. The van der Waals surface area contributed by atoms with Crippen LogP contribution in [0.5, 0.6) is 17.2 Å². The average molecular weight is 422 g/mol. The van der Waals surface area contributed by atoms with E-state index in [9.17, 15) is 4.79 Å². The van der Waals surface area contributed by atoms with E-state index in [-0.39, 0.29) is 11.7 Å². The molecule has 0 saturated carbocycles. The lowest BCUT2D eigenvalue weighted by atomic mass is 10.2. The third kappa shape index (κ3) is 3.48. The van der Waals surface area contributed by atoms with Crippen LogP contribution in [0, 0.1) is 0 Å². The van der Waals surface area contributed by atoms with Gasteiger partial charge in [0.15, 0.2) is 11.5 Å². The summed E-state index contributed by atoms with van der Waals surface area (Å²) >= 11 is 1.35. The number of aromatic amines is 1. The van der Waals surface area contributed by atoms with Crippen molar-refractivity contribution < 1.29 is 19.0 Å². The maximum atomic E-state index is 12.5. The SMILES string of the molecule is COc1ccc2[nH]c3c(SCC(=O)Nc4ccc5c(c4)OCCO5)ncnc3c2c1. The molecule has 9 heteroatoms. The number of amides is 1. The highest BCUT2D eigenvalue weighted by atomic mass is 32.2. The lowest BCUT2D eigenvalue weighted by Crippen LogP contribution is -2.17. The second kappa shape index (κ2) is 7.75. The molecule has 0 aliphatic carbocycles. The van der Waals surface area contributed by atoms with Gasteiger partial charge in [-0.25, -0.2) is 9.97 Å². The molecule has 1 aliphatic heterocycles. The number of carbonyl (C=O) groups excluding carboxylic acids is 1. The first-order chi connectivity index (χ1) is 14.7. The first-order valence-corrected chi connectivity index (χ1v) is 10.3. The molecule has 0 unspecified atom stereocenters. The van der Waals surface area contributed by atoms with Crippen molar-refractivity contribution >= 4 is 45.3 Å². The number of methoxy groups -OCH3 is 1. The minimum atomic E-state index is -0.138. The molecule has 0 atom stereocenters. The van der Waals surface area contributed by atoms with Gasteiger partial charge in [-0.15, -0.1) is 0 Å². The predicted molar refractivity (Wildman–Crippen MR) is 115 cm³/mol. The number of nitrogens with zero attached hydrogens (tertiary/aromatic N) is 2. The van der Waals surface area contributed by atoms with Gasteiger partial charge in [-0.3, -0.25) is 4.79 Å². The van der Waals surface area contributed by atoms with Crippen LogP contribution in [0.15, 0.2) is 47.8 Å². The number of benzene rings is 2. The molecule has 5 rings (SSSR count). The summed E-state index contributed by atoms with van der Waals surface area (Å²) in [5.41, 5.74) is 3.20. The molecule has 0 saturated heterocycles. The quantitative estimate of drug-likeness (QED) is 0.374. The number of carbonyl (C=O) groups is 1. The third-order valence-corrected chi connectivity index (χ3v) is 5.71. The highest BCUT2D eigenvalue weighted by Gasteiger charge is 2.15. The fourth-order valence-corrected chi connectivity index (χ4v) is 4.09. The Hall–Kier alpha value is -3.46. The molecule has 3 heterocycles. The van der Waals surface area contributed by atoms with E-state index in [4.69, 9.17) is 14.2 Å². The number of aromatic nitrogens is 3. The Morgan fingerprint density at radius 2 is 2.03 bits per heavy atom. The molecular weight excluding hydrogens is 404 g/mol. The van der Waals surface area contributed by atoms with Crippen molar-refractivity contribution in [2.75, 3.05) is 31.4 Å². The summed E-state index contributed by atoms with van der Waals surface area (Å²) < 4.78 is 16.4. The van der Waals surface area contributed by atoms with Gasteiger partial charge in [0.05, 0.1) is 18.4 Å². The Bertz CT molecular complexity index is 1260. The largest absolute Gasteiger partial charge is 0.497 e. The van der Waals surface area contributed by atoms with Gasteiger partial charge >= 0.3 is 0 Å². The van der Waals surface area contributed by atoms with Crippen LogP contribution in [0.25, 0.3) is 21.9 Å². The zero-order chi connectivity index (χ0) is 20.5. The molecule has 0 bridgehead atoms. The van der Waals surface area contributed by atoms with Gasteiger partial charge in [-0.2, -0.15) is 0 Å². The molecule has 8 nitrogen and oxygen atoms in total. The van der Waals surface area contributed by atoms with Crippen LogP contribution in [0.2, 0.25) is 0 Å². The maximum Gasteiger partial charge on any atom is 0.234 e. The van der Waals surface area contributed by atoms with Crippen molar-refractivity contribution in [2.45, 2.75) is 5.03 Å². The summed E-state index contributed by atoms with van der Waals surface area (Å²) in [5, 5.41) is 4.55. The van der Waals surface area contributed by atoms with Crippen LogP contribution in [0.1, 0.15) is 0 Å². The number of ether oxygens (including phenoxy) is 3. The van der Waals surface area contributed by atoms with Crippen LogP contribution in [-0.2, 0) is 4.79 Å². The molecule has 30 heavy (non-hydrogen) atoms. The Balaban J connectivity index is 1.33. The predicted octanol–water partition coefficient (Wildman–Crippen LogP) is 3.62. The molecule has 0 radical (unpaired) electrons. The lowest BCUT2D eigenvalue weighted by Gasteiger charge is -2.18. The molecule has 1 aliphatic rings. The molecule has 2 N–H and O–H groups in total. The summed E-state index contributed by atoms with van der Waals surface area (Å²) in [6.45, 7) is 1.03. The third-order valence-electron chi connectivity index (χ3n) is 4.72. The van der Waals surface area contributed by atoms with Crippen LogP contribution >= 0.6 is 11.8 Å². The topological polar surface area (TPSA) is 98.4 Å². The smallest absolute Gasteiger partial charge is 0.234 e. The zero-order valence-electron chi connectivity index (χ0n) is 16.1. The van der Waals surface area contributed by atoms with E-state index in [1.165, 1.54) is 18.1 Å². The van der Waals surface area contributed by atoms with Crippen molar-refractivity contribution in [1.82, 2.24) is 15.0 Å². The number of anilines is 1. The normalized spacial score (nSPS) is 12.8. The second-order valence-corrected chi connectivity index (χ2v) is 7.60. The van der Waals surface area contributed by atoms with E-state index in [2.05, 4.69) is 20.3 Å². The molecule has 152 valence electrons. The summed E-state index contributed by atoms with van der Waals surface area (Å²) in [6.07, 6.45) is 1.51. The van der Waals surface area contributed by atoms with Crippen molar-refractivity contribution in [3.8, 4) is 17.2 Å². The van der Waals surface area contributed by atoms with Gasteiger partial charge in [0.2, 0.25) is 5.91 Å². The molecular formula is C21H18N4O4S. The molecule has 2 aromatic heterocycles. The molecule has 1 amide bonds. The van der Waals surface area contributed by atoms with E-state index in [1.807, 2.05) is 18.2 Å². The number of rotatable bonds is 5. The van der Waals surface area contributed by atoms with Crippen molar-refractivity contribution in [2.24, 2.45) is 0 Å². The Morgan fingerprint density at radius 1 is 1.17 bits per heavy atom. The van der Waals surface area contributed by atoms with Crippen LogP contribution < -0.4 is 19.5 Å². The Morgan fingerprint density at radius 3 is 2.90 bits per heavy atom. The summed E-state index contributed by atoms with van der Waals surface area (Å²) in [7, 11) is 1.63. The van der Waals surface area contributed by atoms with Gasteiger partial charge < -0.3 is 24.5 Å². The van der Waals surface area contributed by atoms with Gasteiger partial charge in [0, 0.05) is 22.7 Å². The molecule has 0 fully saturated rings. The van der Waals surface area contributed by atoms with Crippen molar-refractivity contribution in [3.63, 3.8) is 0 Å². The Kier molecular flexibility index (Phi) is 4.80. The highest BCUT2D eigenvalue weighted by molar-refractivity contribution is 8.00. The van der Waals surface area contributed by atoms with Gasteiger partial charge in [0.25, 0.3) is 0 Å². The maximum absolute atomic E-state index is 12.5. The van der Waals surface area contributed by atoms with E-state index < -0.39 is 0 Å². The van der Waals surface area contributed by atoms with Gasteiger partial charge in [-0.1, -0.05) is 11.8 Å². The van der Waals surface area contributed by atoms with Gasteiger partial charge in [0.1, 0.15) is 35.8 Å². The van der Waals surface area contributed by atoms with Gasteiger partial charge in [-0.05, 0) is 30.3 Å². The fourth-order valence-electron chi connectivity index (χ4n) is 3.34. The standard InChI is InChI=1S/C21H18N4O4S/c1-27-13-3-4-15-14(9-13)19-20(25-15)21(23-11-22-19)30-10-18(26)24-12-2-5-16-17(8-12)29-7-6-28-16/h2-5,8-9,11,25H,6-7,10H2,1H3,(H,24,26). The number of nitrogens with one attached hydrogen (secondary N) is 2. The second-order valence-electron chi connectivity index (χ2n) is 6.63. The summed E-state index contributed by atoms with van der Waals surface area (Å²) in [6, 6.07) is 11.1. The summed E-state index contributed by atoms with van der Waals surface area (Å²) in [5.74, 6) is 2.15. The molecule has 4 aromatic rings. The van der Waals surface area contributed by atoms with Crippen LogP contribution in [0.4, 0.5) is 5.69 Å². The highest BCUT2D eigenvalue weighted by Crippen LogP contribution is 2.33. The van der Waals surface area contributed by atoms with Crippen LogP contribution in [-0.4, -0.2) is 46.9 Å². The number of thioether (sulfide) groups is 1. The number of hydrogen-bond acceptors (Lipinski definition) is 7. The monoisotopic (exact) mass is 422 g/mol. The van der Waals surface area contributed by atoms with E-state index in [1.54, 1.807) is 25.3 Å². The zero-order valence-corrected chi connectivity index (χ0v) is 16.9.